The first kappa shape index (κ1) is 12.6. The highest BCUT2D eigenvalue weighted by Gasteiger charge is 2.19. The van der Waals surface area contributed by atoms with E-state index in [0.717, 1.165) is 17.0 Å². The van der Waals surface area contributed by atoms with Crippen molar-refractivity contribution in [2.24, 2.45) is 0 Å². The number of benzene rings is 1. The number of carbonyl (C=O) groups is 1. The van der Waals surface area contributed by atoms with E-state index in [0.29, 0.717) is 0 Å². The molecule has 0 fully saturated rings. The topological polar surface area (TPSA) is 38.3 Å². The molecule has 0 unspecified atom stereocenters. The highest BCUT2D eigenvalue weighted by atomic mass is 16.5. The van der Waals surface area contributed by atoms with E-state index in [1.807, 2.05) is 18.2 Å². The van der Waals surface area contributed by atoms with Crippen LogP contribution in [0.25, 0.3) is 0 Å². The third-order valence-electron chi connectivity index (χ3n) is 2.33. The van der Waals surface area contributed by atoms with Gasteiger partial charge in [0.15, 0.2) is 0 Å². The van der Waals surface area contributed by atoms with Crippen LogP contribution in [0.3, 0.4) is 0 Å². The van der Waals surface area contributed by atoms with Crippen molar-refractivity contribution >= 4 is 11.6 Å². The maximum atomic E-state index is 11.0. The minimum Gasteiger partial charge on any atom is -0.496 e. The van der Waals surface area contributed by atoms with Crippen LogP contribution in [-0.2, 0) is 10.2 Å². The Labute approximate surface area is 96.8 Å². The zero-order valence-corrected chi connectivity index (χ0v) is 10.5. The Morgan fingerprint density at radius 1 is 1.31 bits per heavy atom. The molecule has 0 saturated carbocycles. The van der Waals surface area contributed by atoms with Gasteiger partial charge in [0.2, 0.25) is 5.91 Å². The molecule has 0 aliphatic heterocycles. The van der Waals surface area contributed by atoms with Gasteiger partial charge in [-0.05, 0) is 23.6 Å². The van der Waals surface area contributed by atoms with Crippen LogP contribution in [0.2, 0.25) is 0 Å². The lowest BCUT2D eigenvalue weighted by molar-refractivity contribution is -0.114. The number of nitrogens with one attached hydrogen (secondary N) is 1. The van der Waals surface area contributed by atoms with E-state index >= 15 is 0 Å². The van der Waals surface area contributed by atoms with Crippen LogP contribution in [0.4, 0.5) is 5.69 Å². The van der Waals surface area contributed by atoms with E-state index in [-0.39, 0.29) is 11.3 Å². The summed E-state index contributed by atoms with van der Waals surface area (Å²) < 4.78 is 5.32. The molecule has 0 heterocycles. The molecule has 3 heteroatoms. The fourth-order valence-electron chi connectivity index (χ4n) is 1.58. The highest BCUT2D eigenvalue weighted by Crippen LogP contribution is 2.33. The van der Waals surface area contributed by atoms with E-state index in [1.54, 1.807) is 7.11 Å². The molecule has 1 rings (SSSR count). The fourth-order valence-corrected chi connectivity index (χ4v) is 1.58. The number of anilines is 1. The van der Waals surface area contributed by atoms with Crippen LogP contribution in [0.15, 0.2) is 18.2 Å². The molecule has 1 aromatic carbocycles. The highest BCUT2D eigenvalue weighted by molar-refractivity contribution is 5.88. The second-order valence-corrected chi connectivity index (χ2v) is 4.85. The van der Waals surface area contributed by atoms with Gasteiger partial charge in [-0.3, -0.25) is 4.79 Å². The summed E-state index contributed by atoms with van der Waals surface area (Å²) in [7, 11) is 1.66. The Morgan fingerprint density at radius 2 is 1.94 bits per heavy atom. The molecule has 0 atom stereocenters. The van der Waals surface area contributed by atoms with Gasteiger partial charge in [-0.15, -0.1) is 0 Å². The van der Waals surface area contributed by atoms with Crippen LogP contribution >= 0.6 is 0 Å². The van der Waals surface area contributed by atoms with Crippen LogP contribution in [-0.4, -0.2) is 13.0 Å². The molecule has 0 spiro atoms. The third-order valence-corrected chi connectivity index (χ3v) is 2.33. The molecule has 1 amide bonds. The summed E-state index contributed by atoms with van der Waals surface area (Å²) in [6.07, 6.45) is 0. The molecule has 0 radical (unpaired) electrons. The lowest BCUT2D eigenvalue weighted by Gasteiger charge is -2.22. The molecule has 0 aliphatic rings. The predicted molar refractivity (Wildman–Crippen MR) is 66.0 cm³/mol. The number of hydrogen-bond acceptors (Lipinski definition) is 2. The number of methoxy groups -OCH3 is 1. The quantitative estimate of drug-likeness (QED) is 0.833. The average molecular weight is 221 g/mol. The lowest BCUT2D eigenvalue weighted by atomic mass is 9.86. The maximum absolute atomic E-state index is 11.0. The molecule has 0 saturated heterocycles. The van der Waals surface area contributed by atoms with Crippen molar-refractivity contribution in [3.8, 4) is 5.75 Å². The van der Waals surface area contributed by atoms with E-state index < -0.39 is 0 Å². The lowest BCUT2D eigenvalue weighted by Crippen LogP contribution is -2.14. The average Bonchev–Trinajstić information content (AvgIpc) is 2.15. The van der Waals surface area contributed by atoms with Gasteiger partial charge in [-0.2, -0.15) is 0 Å². The SMILES string of the molecule is COc1ccc(NC(C)=O)cc1C(C)(C)C. The monoisotopic (exact) mass is 221 g/mol. The van der Waals surface area contributed by atoms with Gasteiger partial charge in [0.05, 0.1) is 7.11 Å². The molecule has 1 aromatic rings. The van der Waals surface area contributed by atoms with Gasteiger partial charge in [-0.1, -0.05) is 20.8 Å². The molecule has 1 N–H and O–H groups in total. The van der Waals surface area contributed by atoms with Gasteiger partial charge in [0.25, 0.3) is 0 Å². The van der Waals surface area contributed by atoms with Gasteiger partial charge < -0.3 is 10.1 Å². The molecule has 0 bridgehead atoms. The Hall–Kier alpha value is -1.51. The summed E-state index contributed by atoms with van der Waals surface area (Å²) in [5.41, 5.74) is 1.87. The first-order valence-corrected chi connectivity index (χ1v) is 5.30. The van der Waals surface area contributed by atoms with Crippen molar-refractivity contribution in [1.29, 1.82) is 0 Å². The van der Waals surface area contributed by atoms with Crippen LogP contribution in [0.5, 0.6) is 5.75 Å². The number of rotatable bonds is 2. The van der Waals surface area contributed by atoms with Crippen molar-refractivity contribution in [1.82, 2.24) is 0 Å². The summed E-state index contributed by atoms with van der Waals surface area (Å²) >= 11 is 0. The number of carbonyl (C=O) groups excluding carboxylic acids is 1. The molecule has 0 aliphatic carbocycles. The summed E-state index contributed by atoms with van der Waals surface area (Å²) in [4.78, 5) is 11.0. The Kier molecular flexibility index (Phi) is 3.58. The normalized spacial score (nSPS) is 11.1. The van der Waals surface area contributed by atoms with E-state index in [4.69, 9.17) is 4.74 Å². The predicted octanol–water partition coefficient (Wildman–Crippen LogP) is 2.95. The van der Waals surface area contributed by atoms with Gasteiger partial charge in [-0.25, -0.2) is 0 Å². The van der Waals surface area contributed by atoms with Crippen LogP contribution in [0, 0.1) is 0 Å². The third kappa shape index (κ3) is 2.99. The smallest absolute Gasteiger partial charge is 0.221 e. The first-order chi connectivity index (χ1) is 7.34. The van der Waals surface area contributed by atoms with Crippen LogP contribution in [0.1, 0.15) is 33.3 Å². The Bertz CT molecular complexity index is 391. The summed E-state index contributed by atoms with van der Waals surface area (Å²) in [6, 6.07) is 5.68. The van der Waals surface area contributed by atoms with Gasteiger partial charge in [0.1, 0.15) is 5.75 Å². The second-order valence-electron chi connectivity index (χ2n) is 4.85. The first-order valence-electron chi connectivity index (χ1n) is 5.30. The second kappa shape index (κ2) is 4.56. The zero-order chi connectivity index (χ0) is 12.3. The van der Waals surface area contributed by atoms with Crippen LogP contribution < -0.4 is 10.1 Å². The van der Waals surface area contributed by atoms with Crippen molar-refractivity contribution < 1.29 is 9.53 Å². The Balaban J connectivity index is 3.16. The van der Waals surface area contributed by atoms with Crippen molar-refractivity contribution in [3.63, 3.8) is 0 Å². The summed E-state index contributed by atoms with van der Waals surface area (Å²) in [6.45, 7) is 7.84. The van der Waals surface area contributed by atoms with Gasteiger partial charge >= 0.3 is 0 Å². The molecule has 3 nitrogen and oxygen atoms in total. The minimum absolute atomic E-state index is 0.0141. The van der Waals surface area contributed by atoms with Crippen molar-refractivity contribution in [3.05, 3.63) is 23.8 Å². The molecule has 88 valence electrons. The summed E-state index contributed by atoms with van der Waals surface area (Å²) in [5.74, 6) is 0.784. The molecular weight excluding hydrogens is 202 g/mol. The van der Waals surface area contributed by atoms with E-state index in [2.05, 4.69) is 26.1 Å². The molecule has 16 heavy (non-hydrogen) atoms. The summed E-state index contributed by atoms with van der Waals surface area (Å²) in [5, 5.41) is 2.77. The largest absolute Gasteiger partial charge is 0.496 e. The molecular formula is C13H19NO2. The number of ether oxygens (including phenoxy) is 1. The maximum Gasteiger partial charge on any atom is 0.221 e. The number of amides is 1. The standard InChI is InChI=1S/C13H19NO2/c1-9(15)14-10-6-7-12(16-5)11(8-10)13(2,3)4/h6-8H,1-5H3,(H,14,15). The molecule has 0 aromatic heterocycles. The Morgan fingerprint density at radius 3 is 2.38 bits per heavy atom. The number of hydrogen-bond donors (Lipinski definition) is 1. The zero-order valence-electron chi connectivity index (χ0n) is 10.5. The fraction of sp³-hybridized carbons (Fsp3) is 0.462. The van der Waals surface area contributed by atoms with Crippen molar-refractivity contribution in [2.45, 2.75) is 33.1 Å². The van der Waals surface area contributed by atoms with Gasteiger partial charge in [0, 0.05) is 18.2 Å². The van der Waals surface area contributed by atoms with Crippen molar-refractivity contribution in [2.75, 3.05) is 12.4 Å². The van der Waals surface area contributed by atoms with E-state index in [1.165, 1.54) is 6.92 Å². The minimum atomic E-state index is -0.0648. The van der Waals surface area contributed by atoms with E-state index in [9.17, 15) is 4.79 Å².